The lowest BCUT2D eigenvalue weighted by molar-refractivity contribution is 0.436. The first kappa shape index (κ1) is 10.4. The van der Waals surface area contributed by atoms with Gasteiger partial charge in [0, 0.05) is 23.5 Å². The van der Waals surface area contributed by atoms with E-state index in [9.17, 15) is 5.11 Å². The highest BCUT2D eigenvalue weighted by Crippen LogP contribution is 2.31. The Kier molecular flexibility index (Phi) is 2.39. The zero-order valence-electron chi connectivity index (χ0n) is 9.93. The predicted molar refractivity (Wildman–Crippen MR) is 67.0 cm³/mol. The number of rotatable bonds is 1. The van der Waals surface area contributed by atoms with Crippen molar-refractivity contribution in [3.63, 3.8) is 0 Å². The van der Waals surface area contributed by atoms with Crippen LogP contribution in [0.4, 0.5) is 0 Å². The molecule has 1 atom stereocenters. The first-order valence-electron chi connectivity index (χ1n) is 6.11. The van der Waals surface area contributed by atoms with E-state index in [4.69, 9.17) is 0 Å². The maximum atomic E-state index is 9.32. The van der Waals surface area contributed by atoms with Gasteiger partial charge in [-0.25, -0.2) is 4.98 Å². The van der Waals surface area contributed by atoms with Gasteiger partial charge >= 0.3 is 0 Å². The van der Waals surface area contributed by atoms with E-state index < -0.39 is 0 Å². The fourth-order valence-electron chi connectivity index (χ4n) is 2.60. The molecule has 17 heavy (non-hydrogen) atoms. The molecule has 1 unspecified atom stereocenters. The Morgan fingerprint density at radius 1 is 1.29 bits per heavy atom. The summed E-state index contributed by atoms with van der Waals surface area (Å²) in [6.45, 7) is 2.24. The first-order chi connectivity index (χ1) is 8.25. The van der Waals surface area contributed by atoms with Crippen molar-refractivity contribution in [2.75, 3.05) is 0 Å². The molecule has 2 aromatic rings. The molecule has 0 amide bonds. The van der Waals surface area contributed by atoms with Gasteiger partial charge in [0.15, 0.2) is 0 Å². The Morgan fingerprint density at radius 2 is 2.06 bits per heavy atom. The predicted octanol–water partition coefficient (Wildman–Crippen LogP) is 3.15. The minimum Gasteiger partial charge on any atom is -0.508 e. The van der Waals surface area contributed by atoms with Crippen LogP contribution in [0.25, 0.3) is 11.4 Å². The summed E-state index contributed by atoms with van der Waals surface area (Å²) in [5.41, 5.74) is 2.40. The highest BCUT2D eigenvalue weighted by atomic mass is 16.3. The fourth-order valence-corrected chi connectivity index (χ4v) is 2.60. The largest absolute Gasteiger partial charge is 0.508 e. The molecule has 1 aliphatic rings. The number of hydrogen-bond donors (Lipinski definition) is 1. The molecule has 0 fully saturated rings. The third-order valence-corrected chi connectivity index (χ3v) is 3.49. The monoisotopic (exact) mass is 228 g/mol. The second kappa shape index (κ2) is 3.91. The van der Waals surface area contributed by atoms with Crippen LogP contribution in [0.5, 0.6) is 5.75 Å². The molecule has 2 heterocycles. The smallest absolute Gasteiger partial charge is 0.140 e. The number of hydrogen-bond acceptors (Lipinski definition) is 2. The number of nitrogens with zero attached hydrogens (tertiary/aromatic N) is 2. The van der Waals surface area contributed by atoms with Crippen LogP contribution < -0.4 is 0 Å². The van der Waals surface area contributed by atoms with E-state index in [1.165, 1.54) is 18.5 Å². The summed E-state index contributed by atoms with van der Waals surface area (Å²) in [4.78, 5) is 4.53. The van der Waals surface area contributed by atoms with Gasteiger partial charge in [-0.1, -0.05) is 0 Å². The second-order valence-corrected chi connectivity index (χ2v) is 4.73. The minimum atomic E-state index is 0.298. The zero-order valence-corrected chi connectivity index (χ0v) is 9.93. The van der Waals surface area contributed by atoms with Crippen LogP contribution in [0.3, 0.4) is 0 Å². The van der Waals surface area contributed by atoms with Gasteiger partial charge in [-0.05, 0) is 50.5 Å². The molecule has 1 aliphatic heterocycles. The minimum absolute atomic E-state index is 0.298. The third kappa shape index (κ3) is 1.71. The molecule has 3 nitrogen and oxygen atoms in total. The molecular weight excluding hydrogens is 212 g/mol. The molecule has 1 aromatic carbocycles. The molecule has 3 rings (SSSR count). The summed E-state index contributed by atoms with van der Waals surface area (Å²) < 4.78 is 2.33. The van der Waals surface area contributed by atoms with Crippen molar-refractivity contribution in [1.29, 1.82) is 0 Å². The number of phenolic OH excluding ortho intramolecular Hbond substituents is 1. The van der Waals surface area contributed by atoms with Gasteiger partial charge in [0.2, 0.25) is 0 Å². The summed E-state index contributed by atoms with van der Waals surface area (Å²) in [6, 6.07) is 7.79. The van der Waals surface area contributed by atoms with Gasteiger partial charge in [0.25, 0.3) is 0 Å². The Bertz CT molecular complexity index is 528. The summed E-state index contributed by atoms with van der Waals surface area (Å²) in [7, 11) is 0. The first-order valence-corrected chi connectivity index (χ1v) is 6.11. The molecule has 0 saturated heterocycles. The van der Waals surface area contributed by atoms with Gasteiger partial charge in [-0.2, -0.15) is 0 Å². The van der Waals surface area contributed by atoms with Crippen LogP contribution in [-0.2, 0) is 6.42 Å². The topological polar surface area (TPSA) is 38.1 Å². The normalized spacial score (nSPS) is 19.0. The molecule has 88 valence electrons. The highest BCUT2D eigenvalue weighted by molar-refractivity contribution is 5.57. The Balaban J connectivity index is 2.09. The zero-order chi connectivity index (χ0) is 11.8. The average molecular weight is 228 g/mol. The van der Waals surface area contributed by atoms with E-state index in [1.807, 2.05) is 18.3 Å². The lowest BCUT2D eigenvalue weighted by Gasteiger charge is -2.24. The maximum Gasteiger partial charge on any atom is 0.140 e. The van der Waals surface area contributed by atoms with Crippen molar-refractivity contribution in [2.24, 2.45) is 0 Å². The third-order valence-electron chi connectivity index (χ3n) is 3.49. The molecular formula is C14H16N2O. The van der Waals surface area contributed by atoms with Gasteiger partial charge in [0.05, 0.1) is 0 Å². The summed E-state index contributed by atoms with van der Waals surface area (Å²) in [5.74, 6) is 1.32. The van der Waals surface area contributed by atoms with E-state index in [0.717, 1.165) is 17.8 Å². The number of phenols is 1. The highest BCUT2D eigenvalue weighted by Gasteiger charge is 2.20. The van der Waals surface area contributed by atoms with Crippen LogP contribution in [0.2, 0.25) is 0 Å². The van der Waals surface area contributed by atoms with Crippen molar-refractivity contribution in [3.05, 3.63) is 36.2 Å². The molecule has 0 bridgehead atoms. The number of benzene rings is 1. The van der Waals surface area contributed by atoms with Crippen LogP contribution >= 0.6 is 0 Å². The SMILES string of the molecule is CC1CCCc2cnc(-c3ccc(O)cc3)n21. The molecule has 0 radical (unpaired) electrons. The molecule has 1 aromatic heterocycles. The Hall–Kier alpha value is -1.77. The van der Waals surface area contributed by atoms with Crippen molar-refractivity contribution >= 4 is 0 Å². The van der Waals surface area contributed by atoms with Crippen LogP contribution in [-0.4, -0.2) is 14.7 Å². The number of aromatic hydroxyl groups is 1. The Morgan fingerprint density at radius 3 is 2.82 bits per heavy atom. The molecule has 1 N–H and O–H groups in total. The van der Waals surface area contributed by atoms with Crippen molar-refractivity contribution in [1.82, 2.24) is 9.55 Å². The van der Waals surface area contributed by atoms with Crippen molar-refractivity contribution in [3.8, 4) is 17.1 Å². The lowest BCUT2D eigenvalue weighted by atomic mass is 10.0. The van der Waals surface area contributed by atoms with Gasteiger partial charge in [0.1, 0.15) is 11.6 Å². The van der Waals surface area contributed by atoms with E-state index in [2.05, 4.69) is 16.5 Å². The maximum absolute atomic E-state index is 9.32. The summed E-state index contributed by atoms with van der Waals surface area (Å²) >= 11 is 0. The van der Waals surface area contributed by atoms with Crippen molar-refractivity contribution in [2.45, 2.75) is 32.2 Å². The van der Waals surface area contributed by atoms with Crippen molar-refractivity contribution < 1.29 is 5.11 Å². The summed E-state index contributed by atoms with van der Waals surface area (Å²) in [5, 5.41) is 9.32. The average Bonchev–Trinajstić information content (AvgIpc) is 2.75. The van der Waals surface area contributed by atoms with E-state index in [1.54, 1.807) is 12.1 Å². The quantitative estimate of drug-likeness (QED) is 0.814. The van der Waals surface area contributed by atoms with Gasteiger partial charge in [-0.15, -0.1) is 0 Å². The van der Waals surface area contributed by atoms with Crippen LogP contribution in [0.15, 0.2) is 30.5 Å². The fraction of sp³-hybridized carbons (Fsp3) is 0.357. The van der Waals surface area contributed by atoms with E-state index in [-0.39, 0.29) is 0 Å². The number of fused-ring (bicyclic) bond motifs is 1. The van der Waals surface area contributed by atoms with E-state index >= 15 is 0 Å². The summed E-state index contributed by atoms with van der Waals surface area (Å²) in [6.07, 6.45) is 5.57. The van der Waals surface area contributed by atoms with Crippen LogP contribution in [0, 0.1) is 0 Å². The van der Waals surface area contributed by atoms with Crippen LogP contribution in [0.1, 0.15) is 31.5 Å². The van der Waals surface area contributed by atoms with E-state index in [0.29, 0.717) is 11.8 Å². The second-order valence-electron chi connectivity index (χ2n) is 4.73. The molecule has 0 aliphatic carbocycles. The Labute approximate surface area is 101 Å². The number of aromatic nitrogens is 2. The molecule has 0 spiro atoms. The molecule has 0 saturated carbocycles. The van der Waals surface area contributed by atoms with Gasteiger partial charge < -0.3 is 9.67 Å². The standard InChI is InChI=1S/C14H16N2O/c1-10-3-2-4-12-9-15-14(16(10)12)11-5-7-13(17)8-6-11/h5-10,17H,2-4H2,1H3. The number of imidazole rings is 1. The number of aryl methyl sites for hydroxylation is 1. The molecule has 3 heteroatoms. The lowest BCUT2D eigenvalue weighted by Crippen LogP contribution is -2.15. The van der Waals surface area contributed by atoms with Gasteiger partial charge in [-0.3, -0.25) is 0 Å².